The van der Waals surface area contributed by atoms with Crippen LogP contribution in [0.3, 0.4) is 0 Å². The molecule has 1 amide bonds. The molecule has 144 valence electrons. The third-order valence-electron chi connectivity index (χ3n) is 4.50. The average Bonchev–Trinajstić information content (AvgIpc) is 3.30. The number of amides is 1. The number of aromatic nitrogens is 2. The molecule has 0 spiro atoms. The van der Waals surface area contributed by atoms with Crippen molar-refractivity contribution in [2.45, 2.75) is 39.5 Å². The lowest BCUT2D eigenvalue weighted by Crippen LogP contribution is -2.43. The van der Waals surface area contributed by atoms with Gasteiger partial charge in [-0.3, -0.25) is 4.79 Å². The number of hydrogen-bond acceptors (Lipinski definition) is 5. The highest BCUT2D eigenvalue weighted by Crippen LogP contribution is 2.17. The molecule has 0 aliphatic carbocycles. The quantitative estimate of drug-likeness (QED) is 0.591. The minimum atomic E-state index is -0.211. The molecule has 7 heteroatoms. The molecule has 0 bridgehead atoms. The summed E-state index contributed by atoms with van der Waals surface area (Å²) in [7, 11) is 0. The summed E-state index contributed by atoms with van der Waals surface area (Å²) in [5, 5.41) is 11.6. The zero-order chi connectivity index (χ0) is 19.2. The molecule has 27 heavy (non-hydrogen) atoms. The standard InChI is InChI=1S/C20H25N3O3S/c1-3-15(11-24)23(10-16-5-4-8-27-16)20(25)13-26-12-19-21-17-7-6-14(2)9-18(17)22-19/h4-9,15,24H,3,10-13H2,1-2H3,(H,21,22). The smallest absolute Gasteiger partial charge is 0.249 e. The van der Waals surface area contributed by atoms with Gasteiger partial charge in [0.2, 0.25) is 5.91 Å². The molecule has 0 saturated carbocycles. The lowest BCUT2D eigenvalue weighted by molar-refractivity contribution is -0.140. The monoisotopic (exact) mass is 387 g/mol. The number of carbonyl (C=O) groups excluding carboxylic acids is 1. The number of fused-ring (bicyclic) bond motifs is 1. The van der Waals surface area contributed by atoms with Crippen LogP contribution in [0.2, 0.25) is 0 Å². The molecule has 3 aromatic rings. The number of carbonyl (C=O) groups is 1. The van der Waals surface area contributed by atoms with Crippen molar-refractivity contribution in [2.75, 3.05) is 13.2 Å². The molecule has 1 aromatic carbocycles. The summed E-state index contributed by atoms with van der Waals surface area (Å²) in [5.41, 5.74) is 3.01. The van der Waals surface area contributed by atoms with Crippen molar-refractivity contribution >= 4 is 28.3 Å². The second-order valence-electron chi connectivity index (χ2n) is 6.54. The van der Waals surface area contributed by atoms with Crippen LogP contribution < -0.4 is 0 Å². The van der Waals surface area contributed by atoms with Gasteiger partial charge in [0.05, 0.1) is 30.2 Å². The first-order valence-electron chi connectivity index (χ1n) is 9.06. The van der Waals surface area contributed by atoms with E-state index in [0.717, 1.165) is 21.5 Å². The lowest BCUT2D eigenvalue weighted by Gasteiger charge is -2.29. The summed E-state index contributed by atoms with van der Waals surface area (Å²) in [5.74, 6) is 0.568. The van der Waals surface area contributed by atoms with Gasteiger partial charge in [-0.2, -0.15) is 0 Å². The first-order chi connectivity index (χ1) is 13.1. The van der Waals surface area contributed by atoms with Gasteiger partial charge in [0.15, 0.2) is 0 Å². The fraction of sp³-hybridized carbons (Fsp3) is 0.400. The van der Waals surface area contributed by atoms with Crippen LogP contribution in [-0.4, -0.2) is 45.1 Å². The zero-order valence-electron chi connectivity index (χ0n) is 15.6. The van der Waals surface area contributed by atoms with E-state index >= 15 is 0 Å². The van der Waals surface area contributed by atoms with E-state index in [1.54, 1.807) is 16.2 Å². The number of thiophene rings is 1. The van der Waals surface area contributed by atoms with Crippen LogP contribution in [0.15, 0.2) is 35.7 Å². The molecule has 0 fully saturated rings. The van der Waals surface area contributed by atoms with Crippen LogP contribution in [0.25, 0.3) is 11.0 Å². The number of aryl methyl sites for hydroxylation is 1. The molecule has 0 aliphatic heterocycles. The summed E-state index contributed by atoms with van der Waals surface area (Å²) < 4.78 is 5.62. The maximum atomic E-state index is 12.7. The second-order valence-corrected chi connectivity index (χ2v) is 7.57. The van der Waals surface area contributed by atoms with Crippen LogP contribution in [0.5, 0.6) is 0 Å². The van der Waals surface area contributed by atoms with Crippen molar-refractivity contribution in [1.29, 1.82) is 0 Å². The molecule has 0 saturated heterocycles. The van der Waals surface area contributed by atoms with Crippen molar-refractivity contribution in [3.05, 3.63) is 52.0 Å². The Morgan fingerprint density at radius 1 is 1.41 bits per heavy atom. The highest BCUT2D eigenvalue weighted by atomic mass is 32.1. The molecule has 6 nitrogen and oxygen atoms in total. The highest BCUT2D eigenvalue weighted by Gasteiger charge is 2.22. The maximum absolute atomic E-state index is 12.7. The van der Waals surface area contributed by atoms with Crippen LogP contribution in [0.4, 0.5) is 0 Å². The van der Waals surface area contributed by atoms with Crippen LogP contribution in [0.1, 0.15) is 29.6 Å². The predicted molar refractivity (Wildman–Crippen MR) is 107 cm³/mol. The average molecular weight is 388 g/mol. The van der Waals surface area contributed by atoms with Gasteiger partial charge >= 0.3 is 0 Å². The van der Waals surface area contributed by atoms with Crippen LogP contribution in [0, 0.1) is 6.92 Å². The molecule has 1 unspecified atom stereocenters. The van der Waals surface area contributed by atoms with E-state index in [4.69, 9.17) is 4.74 Å². The summed E-state index contributed by atoms with van der Waals surface area (Å²) >= 11 is 1.60. The number of hydrogen-bond donors (Lipinski definition) is 2. The molecule has 0 radical (unpaired) electrons. The largest absolute Gasteiger partial charge is 0.394 e. The molecule has 2 aromatic heterocycles. The summed E-state index contributed by atoms with van der Waals surface area (Å²) in [4.78, 5) is 23.2. The van der Waals surface area contributed by atoms with E-state index in [1.165, 1.54) is 0 Å². The third-order valence-corrected chi connectivity index (χ3v) is 5.36. The van der Waals surface area contributed by atoms with Crippen molar-refractivity contribution in [3.8, 4) is 0 Å². The molecular weight excluding hydrogens is 362 g/mol. The SMILES string of the molecule is CCC(CO)N(Cc1cccs1)C(=O)COCc1nc2ccc(C)cc2[nH]1. The Morgan fingerprint density at radius 2 is 2.26 bits per heavy atom. The molecule has 2 N–H and O–H groups in total. The fourth-order valence-electron chi connectivity index (χ4n) is 3.00. The number of benzene rings is 1. The number of nitrogens with one attached hydrogen (secondary N) is 1. The van der Waals surface area contributed by atoms with Crippen molar-refractivity contribution < 1.29 is 14.6 Å². The minimum Gasteiger partial charge on any atom is -0.394 e. The number of aliphatic hydroxyl groups is 1. The van der Waals surface area contributed by atoms with Crippen LogP contribution >= 0.6 is 11.3 Å². The van der Waals surface area contributed by atoms with Crippen molar-refractivity contribution in [2.24, 2.45) is 0 Å². The Bertz CT molecular complexity index is 872. The Morgan fingerprint density at radius 3 is 2.96 bits per heavy atom. The number of rotatable bonds is 9. The first kappa shape index (κ1) is 19.5. The van der Waals surface area contributed by atoms with Gasteiger partial charge < -0.3 is 19.7 Å². The van der Waals surface area contributed by atoms with E-state index in [0.29, 0.717) is 18.8 Å². The lowest BCUT2D eigenvalue weighted by atomic mass is 10.2. The molecular formula is C20H25N3O3S. The highest BCUT2D eigenvalue weighted by molar-refractivity contribution is 7.09. The normalized spacial score (nSPS) is 12.4. The van der Waals surface area contributed by atoms with Gasteiger partial charge in [0.25, 0.3) is 0 Å². The summed E-state index contributed by atoms with van der Waals surface area (Å²) in [6, 6.07) is 9.75. The Balaban J connectivity index is 1.60. The van der Waals surface area contributed by atoms with Gasteiger partial charge in [-0.1, -0.05) is 19.1 Å². The van der Waals surface area contributed by atoms with E-state index < -0.39 is 0 Å². The maximum Gasteiger partial charge on any atom is 0.249 e. The minimum absolute atomic E-state index is 0.0437. The topological polar surface area (TPSA) is 78.4 Å². The van der Waals surface area contributed by atoms with Gasteiger partial charge in [0.1, 0.15) is 19.0 Å². The number of H-pyrrole nitrogens is 1. The molecule has 3 rings (SSSR count). The number of ether oxygens (including phenoxy) is 1. The summed E-state index contributed by atoms with van der Waals surface area (Å²) in [6.07, 6.45) is 0.691. The van der Waals surface area contributed by atoms with Gasteiger partial charge in [0, 0.05) is 4.88 Å². The van der Waals surface area contributed by atoms with Crippen molar-refractivity contribution in [3.63, 3.8) is 0 Å². The van der Waals surface area contributed by atoms with Crippen molar-refractivity contribution in [1.82, 2.24) is 14.9 Å². The first-order valence-corrected chi connectivity index (χ1v) is 9.94. The van der Waals surface area contributed by atoms with Gasteiger partial charge in [-0.15, -0.1) is 11.3 Å². The van der Waals surface area contributed by atoms with E-state index in [2.05, 4.69) is 9.97 Å². The van der Waals surface area contributed by atoms with E-state index in [-0.39, 0.29) is 31.8 Å². The van der Waals surface area contributed by atoms with E-state index in [1.807, 2.05) is 49.6 Å². The number of nitrogens with zero attached hydrogens (tertiary/aromatic N) is 2. The molecule has 0 aliphatic rings. The number of aliphatic hydroxyl groups excluding tert-OH is 1. The summed E-state index contributed by atoms with van der Waals surface area (Å²) in [6.45, 7) is 4.62. The Labute approximate surface area is 162 Å². The van der Waals surface area contributed by atoms with Gasteiger partial charge in [-0.05, 0) is 42.5 Å². The number of imidazole rings is 1. The fourth-order valence-corrected chi connectivity index (χ4v) is 3.70. The zero-order valence-corrected chi connectivity index (χ0v) is 16.5. The molecule has 2 heterocycles. The Hall–Kier alpha value is -2.22. The second kappa shape index (κ2) is 9.12. The Kier molecular flexibility index (Phi) is 6.60. The molecule has 1 atom stereocenters. The van der Waals surface area contributed by atoms with E-state index in [9.17, 15) is 9.90 Å². The van der Waals surface area contributed by atoms with Gasteiger partial charge in [-0.25, -0.2) is 4.98 Å². The number of aromatic amines is 1. The third kappa shape index (κ3) is 4.94. The van der Waals surface area contributed by atoms with Crippen LogP contribution in [-0.2, 0) is 22.7 Å². The predicted octanol–water partition coefficient (Wildman–Crippen LogP) is 3.25.